The molecule has 0 spiro atoms. The molecule has 13 heteroatoms. The van der Waals surface area contributed by atoms with Crippen LogP contribution in [0, 0.1) is 5.92 Å². The van der Waals surface area contributed by atoms with E-state index in [1.807, 2.05) is 85.2 Å². The van der Waals surface area contributed by atoms with Gasteiger partial charge in [-0.2, -0.15) is 10.1 Å². The highest BCUT2D eigenvalue weighted by Crippen LogP contribution is 2.33. The fourth-order valence-corrected chi connectivity index (χ4v) is 7.47. The number of nitrogens with one attached hydrogen (secondary N) is 2. The second-order valence-corrected chi connectivity index (χ2v) is 15.8. The molecule has 5 aromatic rings. The van der Waals surface area contributed by atoms with Gasteiger partial charge in [0.2, 0.25) is 0 Å². The smallest absolute Gasteiger partial charge is 0.322 e. The van der Waals surface area contributed by atoms with Crippen LogP contribution in [0.15, 0.2) is 107 Å². The van der Waals surface area contributed by atoms with Crippen LogP contribution in [0.25, 0.3) is 11.1 Å². The molecule has 0 unspecified atom stereocenters. The molecular formula is C38H41ClN8O3S. The van der Waals surface area contributed by atoms with Crippen LogP contribution in [0.4, 0.5) is 27.9 Å². The van der Waals surface area contributed by atoms with Crippen LogP contribution in [0.2, 0.25) is 5.02 Å². The zero-order valence-electron chi connectivity index (χ0n) is 28.8. The van der Waals surface area contributed by atoms with Gasteiger partial charge >= 0.3 is 6.03 Å². The Hall–Kier alpha value is -5.07. The van der Waals surface area contributed by atoms with Crippen LogP contribution in [0.3, 0.4) is 0 Å². The van der Waals surface area contributed by atoms with Crippen molar-refractivity contribution in [1.29, 1.82) is 0 Å². The Morgan fingerprint density at radius 2 is 1.69 bits per heavy atom. The van der Waals surface area contributed by atoms with E-state index in [-0.39, 0.29) is 39.7 Å². The molecule has 1 aliphatic carbocycles. The first-order chi connectivity index (χ1) is 24.6. The van der Waals surface area contributed by atoms with E-state index in [9.17, 15) is 13.2 Å². The van der Waals surface area contributed by atoms with E-state index >= 15 is 0 Å². The molecule has 2 aromatic heterocycles. The molecule has 0 saturated heterocycles. The summed E-state index contributed by atoms with van der Waals surface area (Å²) < 4.78 is 27.7. The summed E-state index contributed by atoms with van der Waals surface area (Å²) in [6.07, 6.45) is 10.3. The lowest BCUT2D eigenvalue weighted by atomic mass is 9.86. The van der Waals surface area contributed by atoms with Gasteiger partial charge in [0.05, 0.1) is 28.2 Å². The zero-order chi connectivity index (χ0) is 36.0. The van der Waals surface area contributed by atoms with E-state index in [0.29, 0.717) is 12.2 Å². The number of aliphatic imine (C=N–C) groups is 1. The minimum Gasteiger partial charge on any atom is -0.338 e. The number of nitrogens with zero attached hydrogens (tertiary/aromatic N) is 6. The maximum absolute atomic E-state index is 13.8. The molecule has 2 heterocycles. The zero-order valence-corrected chi connectivity index (χ0v) is 30.3. The highest BCUT2D eigenvalue weighted by atomic mass is 35.5. The summed E-state index contributed by atoms with van der Waals surface area (Å²) >= 11 is 6.41. The van der Waals surface area contributed by atoms with Gasteiger partial charge in [-0.3, -0.25) is 9.58 Å². The number of hydrogen-bond donors (Lipinski definition) is 2. The maximum Gasteiger partial charge on any atom is 0.322 e. The van der Waals surface area contributed by atoms with Crippen LogP contribution in [0.5, 0.6) is 0 Å². The van der Waals surface area contributed by atoms with Crippen LogP contribution in [-0.2, 0) is 23.4 Å². The lowest BCUT2D eigenvalue weighted by Gasteiger charge is -2.36. The summed E-state index contributed by atoms with van der Waals surface area (Å²) in [6.45, 7) is 3.72. The van der Waals surface area contributed by atoms with E-state index in [4.69, 9.17) is 11.6 Å². The van der Waals surface area contributed by atoms with E-state index in [0.717, 1.165) is 48.1 Å². The van der Waals surface area contributed by atoms with E-state index in [1.165, 1.54) is 6.20 Å². The predicted molar refractivity (Wildman–Crippen MR) is 203 cm³/mol. The van der Waals surface area contributed by atoms with Gasteiger partial charge in [0.15, 0.2) is 15.7 Å². The number of para-hydroxylation sites is 1. The predicted octanol–water partition coefficient (Wildman–Crippen LogP) is 8.13. The lowest BCUT2D eigenvalue weighted by Crippen LogP contribution is -2.47. The third-order valence-corrected chi connectivity index (χ3v) is 11.5. The third kappa shape index (κ3) is 8.63. The van der Waals surface area contributed by atoms with Crippen molar-refractivity contribution in [3.63, 3.8) is 0 Å². The van der Waals surface area contributed by atoms with Crippen LogP contribution in [0.1, 0.15) is 45.1 Å². The second-order valence-electron chi connectivity index (χ2n) is 12.9. The first-order valence-corrected chi connectivity index (χ1v) is 18.9. The minimum absolute atomic E-state index is 0.000522. The summed E-state index contributed by atoms with van der Waals surface area (Å²) in [7, 11) is -1.66. The molecule has 51 heavy (non-hydrogen) atoms. The van der Waals surface area contributed by atoms with E-state index < -0.39 is 15.1 Å². The van der Waals surface area contributed by atoms with Crippen LogP contribution < -0.4 is 15.5 Å². The van der Waals surface area contributed by atoms with Gasteiger partial charge in [0.1, 0.15) is 5.02 Å². The molecule has 3 aromatic carbocycles. The summed E-state index contributed by atoms with van der Waals surface area (Å²) in [5, 5.41) is 10.1. The molecule has 2 amide bonds. The molecule has 0 atom stereocenters. The quantitative estimate of drug-likeness (QED) is 0.131. The van der Waals surface area contributed by atoms with E-state index in [2.05, 4.69) is 30.7 Å². The topological polar surface area (TPSA) is 134 Å². The van der Waals surface area contributed by atoms with E-state index in [1.54, 1.807) is 42.8 Å². The number of amides is 2. The van der Waals surface area contributed by atoms with Gasteiger partial charge < -0.3 is 10.6 Å². The number of rotatable bonds is 11. The van der Waals surface area contributed by atoms with Gasteiger partial charge in [-0.05, 0) is 80.8 Å². The number of aryl methyl sites for hydroxylation is 1. The Morgan fingerprint density at radius 1 is 0.980 bits per heavy atom. The molecule has 6 rings (SSSR count). The number of hydrogen-bond acceptors (Lipinski definition) is 8. The van der Waals surface area contributed by atoms with Gasteiger partial charge in [0, 0.05) is 43.3 Å². The van der Waals surface area contributed by atoms with Gasteiger partial charge in [-0.25, -0.2) is 23.2 Å². The first kappa shape index (κ1) is 35.7. The number of sulfone groups is 1. The molecule has 0 aliphatic heterocycles. The molecule has 264 valence electrons. The standard InChI is InChI=1S/C38H41ClN8O3S/c1-26(2)51(49,50)35-12-8-7-11-34(35)44-36-33(39)24-41-37(45-36)40-21-28-13-17-31(18-14-28)47(38(48)42-22-27-9-5-4-6-10-27)32-19-15-29(16-20-32)30-23-43-46(3)25-30/h4-12,15-16,19-21,23-26,28,31H,13-14,17-18,22H2,1-3H3,(H,42,48)(H,41,44,45)/b40-21-. The van der Waals surface area contributed by atoms with Gasteiger partial charge in [0.25, 0.3) is 5.95 Å². The fraction of sp³-hybridized carbons (Fsp3) is 0.289. The van der Waals surface area contributed by atoms with Crippen molar-refractivity contribution in [3.8, 4) is 11.1 Å². The number of halogens is 1. The monoisotopic (exact) mass is 724 g/mol. The Labute approximate surface area is 303 Å². The molecule has 0 bridgehead atoms. The van der Waals surface area contributed by atoms with Crippen molar-refractivity contribution < 1.29 is 13.2 Å². The largest absolute Gasteiger partial charge is 0.338 e. The Bertz CT molecular complexity index is 2100. The average molecular weight is 725 g/mol. The summed E-state index contributed by atoms with van der Waals surface area (Å²) in [4.78, 5) is 29.2. The summed E-state index contributed by atoms with van der Waals surface area (Å²) in [6, 6.07) is 24.5. The van der Waals surface area contributed by atoms with Gasteiger partial charge in [-0.1, -0.05) is 66.2 Å². The molecular weight excluding hydrogens is 684 g/mol. The van der Waals surface area contributed by atoms with Crippen molar-refractivity contribution in [2.24, 2.45) is 18.0 Å². The highest BCUT2D eigenvalue weighted by Gasteiger charge is 2.30. The second kappa shape index (κ2) is 15.9. The Morgan fingerprint density at radius 3 is 2.37 bits per heavy atom. The van der Waals surface area contributed by atoms with Crippen molar-refractivity contribution >= 4 is 56.8 Å². The molecule has 1 fully saturated rings. The highest BCUT2D eigenvalue weighted by molar-refractivity contribution is 7.92. The molecule has 1 saturated carbocycles. The van der Waals surface area contributed by atoms with Crippen molar-refractivity contribution in [2.45, 2.75) is 62.3 Å². The first-order valence-electron chi connectivity index (χ1n) is 16.9. The minimum atomic E-state index is -3.55. The lowest BCUT2D eigenvalue weighted by molar-refractivity contribution is 0.240. The van der Waals surface area contributed by atoms with Crippen LogP contribution >= 0.6 is 11.6 Å². The number of carbonyl (C=O) groups excluding carboxylic acids is 1. The normalized spacial score (nSPS) is 16.3. The molecule has 2 N–H and O–H groups in total. The average Bonchev–Trinajstić information content (AvgIpc) is 3.58. The summed E-state index contributed by atoms with van der Waals surface area (Å²) in [5.74, 6) is 0.639. The molecule has 11 nitrogen and oxygen atoms in total. The maximum atomic E-state index is 13.8. The molecule has 0 radical (unpaired) electrons. The van der Waals surface area contributed by atoms with Crippen LogP contribution in [-0.4, -0.2) is 51.7 Å². The number of carbonyl (C=O) groups is 1. The molecule has 1 aliphatic rings. The Balaban J connectivity index is 1.14. The van der Waals surface area contributed by atoms with Crippen molar-refractivity contribution in [3.05, 3.63) is 108 Å². The number of urea groups is 1. The number of benzene rings is 3. The van der Waals surface area contributed by atoms with Gasteiger partial charge in [-0.15, -0.1) is 0 Å². The number of aromatic nitrogens is 4. The number of anilines is 3. The van der Waals surface area contributed by atoms with Crippen molar-refractivity contribution in [1.82, 2.24) is 25.1 Å². The van der Waals surface area contributed by atoms with Crippen molar-refractivity contribution in [2.75, 3.05) is 10.2 Å². The Kier molecular flexibility index (Phi) is 11.1. The fourth-order valence-electron chi connectivity index (χ4n) is 6.13. The SMILES string of the molecule is CC(C)S(=O)(=O)c1ccccc1Nc1nc(/N=C\C2CCC(N(C(=O)NCc3ccccc3)c3ccc(-c4cnn(C)c4)cc3)CC2)ncc1Cl. The summed E-state index contributed by atoms with van der Waals surface area (Å²) in [5.41, 5.74) is 4.29. The third-order valence-electron chi connectivity index (χ3n) is 9.00.